The summed E-state index contributed by atoms with van der Waals surface area (Å²) in [6.45, 7) is 3.29. The van der Waals surface area contributed by atoms with Gasteiger partial charge in [0.05, 0.1) is 6.04 Å². The van der Waals surface area contributed by atoms with Crippen LogP contribution in [0.15, 0.2) is 5.38 Å². The molecule has 0 spiro atoms. The largest absolute Gasteiger partial charge is 0.354 e. The van der Waals surface area contributed by atoms with Crippen molar-refractivity contribution < 1.29 is 9.59 Å². The van der Waals surface area contributed by atoms with E-state index >= 15 is 0 Å². The van der Waals surface area contributed by atoms with Crippen LogP contribution in [-0.4, -0.2) is 41.3 Å². The van der Waals surface area contributed by atoms with Gasteiger partial charge >= 0.3 is 0 Å². The van der Waals surface area contributed by atoms with Gasteiger partial charge in [0.2, 0.25) is 5.91 Å². The topological polar surface area (TPSA) is 88.3 Å². The van der Waals surface area contributed by atoms with Crippen molar-refractivity contribution >= 4 is 23.2 Å². The molecule has 1 aromatic rings. The Kier molecular flexibility index (Phi) is 3.93. The summed E-state index contributed by atoms with van der Waals surface area (Å²) >= 11 is 1.39. The Morgan fingerprint density at radius 1 is 1.61 bits per heavy atom. The number of amides is 2. The zero-order valence-electron chi connectivity index (χ0n) is 10.2. The molecule has 0 bridgehead atoms. The smallest absolute Gasteiger partial charge is 0.273 e. The van der Waals surface area contributed by atoms with Crippen LogP contribution in [-0.2, 0) is 4.79 Å². The van der Waals surface area contributed by atoms with Crippen LogP contribution in [0.2, 0.25) is 0 Å². The zero-order valence-corrected chi connectivity index (χ0v) is 11.0. The van der Waals surface area contributed by atoms with Gasteiger partial charge in [0, 0.05) is 31.4 Å². The predicted molar refractivity (Wildman–Crippen MR) is 68.2 cm³/mol. The molecule has 1 saturated heterocycles. The summed E-state index contributed by atoms with van der Waals surface area (Å²) in [6.07, 6.45) is 0.343. The van der Waals surface area contributed by atoms with E-state index in [-0.39, 0.29) is 17.9 Å². The molecule has 1 fully saturated rings. The number of nitrogens with one attached hydrogen (secondary N) is 1. The van der Waals surface area contributed by atoms with Gasteiger partial charge in [-0.05, 0) is 6.92 Å². The van der Waals surface area contributed by atoms with Gasteiger partial charge in [0.15, 0.2) is 0 Å². The zero-order chi connectivity index (χ0) is 13.1. The number of rotatable bonds is 2. The third-order valence-corrected chi connectivity index (χ3v) is 3.78. The van der Waals surface area contributed by atoms with Crippen molar-refractivity contribution in [1.82, 2.24) is 15.2 Å². The summed E-state index contributed by atoms with van der Waals surface area (Å²) in [5.74, 6) is -0.144. The molecule has 1 aliphatic rings. The van der Waals surface area contributed by atoms with Gasteiger partial charge in [-0.1, -0.05) is 0 Å². The standard InChI is InChI=1S/C11H16N4O2S/c1-7(12)10-14-8(6-18-10)11(17)15-4-2-9(16)13-3-5-15/h6-7H,2-5,12H2,1H3,(H,13,16). The second-order valence-electron chi connectivity index (χ2n) is 4.25. The van der Waals surface area contributed by atoms with Crippen molar-refractivity contribution in [3.8, 4) is 0 Å². The van der Waals surface area contributed by atoms with Crippen molar-refractivity contribution in [2.24, 2.45) is 5.73 Å². The highest BCUT2D eigenvalue weighted by molar-refractivity contribution is 7.09. The molecule has 2 rings (SSSR count). The minimum absolute atomic E-state index is 0.0140. The van der Waals surface area contributed by atoms with Crippen LogP contribution >= 0.6 is 11.3 Å². The molecule has 2 amide bonds. The fraction of sp³-hybridized carbons (Fsp3) is 0.545. The van der Waals surface area contributed by atoms with E-state index in [4.69, 9.17) is 5.73 Å². The van der Waals surface area contributed by atoms with E-state index in [9.17, 15) is 9.59 Å². The van der Waals surface area contributed by atoms with Crippen molar-refractivity contribution in [2.75, 3.05) is 19.6 Å². The molecule has 0 aromatic carbocycles. The predicted octanol–water partition coefficient (Wildman–Crippen LogP) is 0.125. The molecule has 0 saturated carbocycles. The van der Waals surface area contributed by atoms with Gasteiger partial charge in [-0.25, -0.2) is 4.98 Å². The minimum Gasteiger partial charge on any atom is -0.354 e. The van der Waals surface area contributed by atoms with Crippen LogP contribution in [0.5, 0.6) is 0 Å². The Labute approximate surface area is 109 Å². The first kappa shape index (κ1) is 13.0. The minimum atomic E-state index is -0.163. The van der Waals surface area contributed by atoms with Crippen LogP contribution in [0.3, 0.4) is 0 Å². The summed E-state index contributed by atoms with van der Waals surface area (Å²) in [5.41, 5.74) is 6.14. The molecule has 1 unspecified atom stereocenters. The normalized spacial score (nSPS) is 18.1. The number of nitrogens with two attached hydrogens (primary N) is 1. The van der Waals surface area contributed by atoms with Crippen LogP contribution in [0.25, 0.3) is 0 Å². The fourth-order valence-corrected chi connectivity index (χ4v) is 2.48. The van der Waals surface area contributed by atoms with E-state index in [0.29, 0.717) is 31.7 Å². The highest BCUT2D eigenvalue weighted by Gasteiger charge is 2.22. The summed E-state index contributed by atoms with van der Waals surface area (Å²) in [5, 5.41) is 5.21. The van der Waals surface area contributed by atoms with E-state index in [2.05, 4.69) is 10.3 Å². The van der Waals surface area contributed by atoms with Crippen molar-refractivity contribution in [3.63, 3.8) is 0 Å². The van der Waals surface area contributed by atoms with Crippen molar-refractivity contribution in [2.45, 2.75) is 19.4 Å². The molecule has 3 N–H and O–H groups in total. The van der Waals surface area contributed by atoms with E-state index in [1.165, 1.54) is 11.3 Å². The molecule has 7 heteroatoms. The number of carbonyl (C=O) groups is 2. The molecule has 0 aliphatic carbocycles. The maximum Gasteiger partial charge on any atom is 0.273 e. The molecule has 2 heterocycles. The van der Waals surface area contributed by atoms with Crippen LogP contribution < -0.4 is 11.1 Å². The lowest BCUT2D eigenvalue weighted by molar-refractivity contribution is -0.120. The van der Waals surface area contributed by atoms with E-state index in [1.807, 2.05) is 6.92 Å². The third-order valence-electron chi connectivity index (χ3n) is 2.73. The van der Waals surface area contributed by atoms with Gasteiger partial charge < -0.3 is 16.0 Å². The molecule has 1 aromatic heterocycles. The average molecular weight is 268 g/mol. The first-order valence-electron chi connectivity index (χ1n) is 5.85. The number of hydrogen-bond donors (Lipinski definition) is 2. The highest BCUT2D eigenvalue weighted by Crippen LogP contribution is 2.17. The van der Waals surface area contributed by atoms with Gasteiger partial charge in [0.1, 0.15) is 10.7 Å². The fourth-order valence-electron chi connectivity index (χ4n) is 1.73. The third kappa shape index (κ3) is 2.85. The Hall–Kier alpha value is -1.47. The maximum atomic E-state index is 12.2. The Balaban J connectivity index is 2.07. The summed E-state index contributed by atoms with van der Waals surface area (Å²) < 4.78 is 0. The molecule has 6 nitrogen and oxygen atoms in total. The van der Waals surface area contributed by atoms with E-state index < -0.39 is 0 Å². The van der Waals surface area contributed by atoms with Gasteiger partial charge in [-0.3, -0.25) is 9.59 Å². The van der Waals surface area contributed by atoms with Crippen molar-refractivity contribution in [1.29, 1.82) is 0 Å². The lowest BCUT2D eigenvalue weighted by Gasteiger charge is -2.17. The van der Waals surface area contributed by atoms with E-state index in [1.54, 1.807) is 10.3 Å². The molecule has 98 valence electrons. The second-order valence-corrected chi connectivity index (χ2v) is 5.14. The quantitative estimate of drug-likeness (QED) is 0.797. The molecule has 0 radical (unpaired) electrons. The van der Waals surface area contributed by atoms with E-state index in [0.717, 1.165) is 5.01 Å². The van der Waals surface area contributed by atoms with Gasteiger partial charge in [-0.15, -0.1) is 11.3 Å². The van der Waals surface area contributed by atoms with Crippen LogP contribution in [0, 0.1) is 0 Å². The van der Waals surface area contributed by atoms with Gasteiger partial charge in [-0.2, -0.15) is 0 Å². The summed E-state index contributed by atoms with van der Waals surface area (Å²) in [4.78, 5) is 29.3. The second kappa shape index (κ2) is 5.45. The molecule has 1 aliphatic heterocycles. The Bertz CT molecular complexity index is 458. The maximum absolute atomic E-state index is 12.2. The average Bonchev–Trinajstić information content (AvgIpc) is 2.73. The van der Waals surface area contributed by atoms with Crippen molar-refractivity contribution in [3.05, 3.63) is 16.1 Å². The number of nitrogens with zero attached hydrogens (tertiary/aromatic N) is 2. The first-order valence-corrected chi connectivity index (χ1v) is 6.73. The molecular formula is C11H16N4O2S. The lowest BCUT2D eigenvalue weighted by atomic mass is 10.3. The monoisotopic (exact) mass is 268 g/mol. The number of aromatic nitrogens is 1. The Morgan fingerprint density at radius 2 is 2.39 bits per heavy atom. The first-order chi connectivity index (χ1) is 8.58. The molecule has 1 atom stereocenters. The highest BCUT2D eigenvalue weighted by atomic mass is 32.1. The van der Waals surface area contributed by atoms with Crippen LogP contribution in [0.1, 0.15) is 34.9 Å². The Morgan fingerprint density at radius 3 is 3.06 bits per heavy atom. The van der Waals surface area contributed by atoms with Gasteiger partial charge in [0.25, 0.3) is 5.91 Å². The lowest BCUT2D eigenvalue weighted by Crippen LogP contribution is -2.34. The summed E-state index contributed by atoms with van der Waals surface area (Å²) in [7, 11) is 0. The molecular weight excluding hydrogens is 252 g/mol. The van der Waals surface area contributed by atoms with Crippen LogP contribution in [0.4, 0.5) is 0 Å². The number of thiazole rings is 1. The number of carbonyl (C=O) groups excluding carboxylic acids is 2. The SMILES string of the molecule is CC(N)c1nc(C(=O)N2CCNC(=O)CC2)cs1. The molecule has 18 heavy (non-hydrogen) atoms. The number of hydrogen-bond acceptors (Lipinski definition) is 5. The summed E-state index contributed by atoms with van der Waals surface area (Å²) in [6, 6.07) is -0.163.